The van der Waals surface area contributed by atoms with Gasteiger partial charge in [0.2, 0.25) is 5.91 Å². The average Bonchev–Trinajstić information content (AvgIpc) is 2.43. The van der Waals surface area contributed by atoms with Crippen molar-refractivity contribution >= 4 is 28.8 Å². The van der Waals surface area contributed by atoms with Crippen molar-refractivity contribution in [1.29, 1.82) is 0 Å². The molecule has 114 valence electrons. The molecule has 0 radical (unpaired) electrons. The first-order valence-corrected chi connectivity index (χ1v) is 7.64. The lowest BCUT2D eigenvalue weighted by atomic mass is 10.0. The Bertz CT molecular complexity index is 490. The number of carbonyl (C=O) groups is 3. The number of amides is 1. The third-order valence-electron chi connectivity index (χ3n) is 2.82. The average molecular weight is 309 g/mol. The largest absolute Gasteiger partial charge is 0.481 e. The molecule has 0 heterocycles. The Hall–Kier alpha value is -1.82. The van der Waals surface area contributed by atoms with Crippen molar-refractivity contribution in [3.8, 4) is 0 Å². The van der Waals surface area contributed by atoms with E-state index in [4.69, 9.17) is 5.11 Å². The summed E-state index contributed by atoms with van der Waals surface area (Å²) in [5, 5.41) is 11.2. The first kappa shape index (κ1) is 17.2. The molecule has 0 saturated carbocycles. The van der Waals surface area contributed by atoms with E-state index in [1.54, 1.807) is 0 Å². The lowest BCUT2D eigenvalue weighted by Crippen LogP contribution is -2.34. The highest BCUT2D eigenvalue weighted by Gasteiger charge is 2.19. The summed E-state index contributed by atoms with van der Waals surface area (Å²) in [5.74, 6) is -1.12. The Morgan fingerprint density at radius 1 is 1.24 bits per heavy atom. The molecule has 1 amide bonds. The number of hydrogen-bond acceptors (Lipinski definition) is 4. The normalized spacial score (nSPS) is 11.7. The van der Waals surface area contributed by atoms with Crippen LogP contribution in [0.15, 0.2) is 30.3 Å². The molecule has 1 unspecified atom stereocenters. The Labute approximate surface area is 128 Å². The van der Waals surface area contributed by atoms with Crippen LogP contribution in [0.3, 0.4) is 0 Å². The molecule has 0 aliphatic heterocycles. The third-order valence-corrected chi connectivity index (χ3v) is 3.80. The van der Waals surface area contributed by atoms with E-state index in [2.05, 4.69) is 5.32 Å². The summed E-state index contributed by atoms with van der Waals surface area (Å²) in [5.41, 5.74) is 1.01. The highest BCUT2D eigenvalue weighted by molar-refractivity contribution is 8.13. The van der Waals surface area contributed by atoms with Gasteiger partial charge in [-0.3, -0.25) is 14.4 Å². The van der Waals surface area contributed by atoms with Gasteiger partial charge in [-0.15, -0.1) is 0 Å². The number of carboxylic acid groups (broad SMARTS) is 1. The fraction of sp³-hybridized carbons (Fsp3) is 0.400. The molecule has 0 bridgehead atoms. The highest BCUT2D eigenvalue weighted by atomic mass is 32.2. The molecule has 2 N–H and O–H groups in total. The molecule has 1 rings (SSSR count). The van der Waals surface area contributed by atoms with Gasteiger partial charge in [0.05, 0.1) is 12.3 Å². The van der Waals surface area contributed by atoms with Crippen LogP contribution in [0.5, 0.6) is 0 Å². The predicted octanol–water partition coefficient (Wildman–Crippen LogP) is 1.72. The lowest BCUT2D eigenvalue weighted by molar-refractivity contribution is -0.137. The van der Waals surface area contributed by atoms with Crippen LogP contribution in [0, 0.1) is 5.92 Å². The number of hydrogen-bond donors (Lipinski definition) is 2. The van der Waals surface area contributed by atoms with Crippen LogP contribution in [0.2, 0.25) is 0 Å². The Morgan fingerprint density at radius 3 is 2.48 bits per heavy atom. The summed E-state index contributed by atoms with van der Waals surface area (Å²) in [6.45, 7) is 1.57. The summed E-state index contributed by atoms with van der Waals surface area (Å²) < 4.78 is 0. The minimum Gasteiger partial charge on any atom is -0.481 e. The smallest absolute Gasteiger partial charge is 0.305 e. The maximum Gasteiger partial charge on any atom is 0.305 e. The van der Waals surface area contributed by atoms with E-state index in [1.165, 1.54) is 6.92 Å². The van der Waals surface area contributed by atoms with Gasteiger partial charge in [0, 0.05) is 19.2 Å². The fourth-order valence-electron chi connectivity index (χ4n) is 1.78. The second-order valence-corrected chi connectivity index (χ2v) is 5.82. The number of aliphatic carboxylic acids is 1. The van der Waals surface area contributed by atoms with Gasteiger partial charge >= 0.3 is 5.97 Å². The summed E-state index contributed by atoms with van der Waals surface area (Å²) in [6, 6.07) is 9.54. The van der Waals surface area contributed by atoms with Crippen molar-refractivity contribution in [2.75, 3.05) is 12.3 Å². The molecular weight excluding hydrogens is 290 g/mol. The molecule has 0 aliphatic carbocycles. The van der Waals surface area contributed by atoms with Crippen LogP contribution in [-0.4, -0.2) is 34.4 Å². The van der Waals surface area contributed by atoms with Gasteiger partial charge in [-0.1, -0.05) is 42.1 Å². The zero-order valence-electron chi connectivity index (χ0n) is 11.9. The quantitative estimate of drug-likeness (QED) is 0.764. The van der Waals surface area contributed by atoms with Crippen molar-refractivity contribution < 1.29 is 19.5 Å². The molecule has 21 heavy (non-hydrogen) atoms. The molecule has 1 aromatic rings. The van der Waals surface area contributed by atoms with Crippen molar-refractivity contribution in [3.63, 3.8) is 0 Å². The van der Waals surface area contributed by atoms with Gasteiger partial charge in [0.25, 0.3) is 0 Å². The number of nitrogens with one attached hydrogen (secondary N) is 1. The first-order chi connectivity index (χ1) is 9.99. The number of carbonyl (C=O) groups excluding carboxylic acids is 2. The van der Waals surface area contributed by atoms with Gasteiger partial charge in [-0.05, 0) is 12.0 Å². The van der Waals surface area contributed by atoms with Gasteiger partial charge in [-0.2, -0.15) is 0 Å². The van der Waals surface area contributed by atoms with Gasteiger partial charge < -0.3 is 10.4 Å². The van der Waals surface area contributed by atoms with Crippen molar-refractivity contribution in [2.24, 2.45) is 5.92 Å². The van der Waals surface area contributed by atoms with Crippen LogP contribution in [0.25, 0.3) is 0 Å². The minimum atomic E-state index is -0.951. The second-order valence-electron chi connectivity index (χ2n) is 4.62. The van der Waals surface area contributed by atoms with E-state index < -0.39 is 5.97 Å². The summed E-state index contributed by atoms with van der Waals surface area (Å²) in [4.78, 5) is 33.6. The van der Waals surface area contributed by atoms with E-state index in [9.17, 15) is 14.4 Å². The molecule has 6 heteroatoms. The van der Waals surface area contributed by atoms with Crippen molar-refractivity contribution in [1.82, 2.24) is 5.32 Å². The summed E-state index contributed by atoms with van der Waals surface area (Å²) >= 11 is 1.11. The minimum absolute atomic E-state index is 0.0357. The van der Waals surface area contributed by atoms with Gasteiger partial charge in [-0.25, -0.2) is 0 Å². The molecule has 0 aliphatic rings. The Kier molecular flexibility index (Phi) is 7.53. The van der Waals surface area contributed by atoms with E-state index in [-0.39, 0.29) is 29.9 Å². The molecule has 1 atom stereocenters. The zero-order valence-corrected chi connectivity index (χ0v) is 12.7. The van der Waals surface area contributed by atoms with Crippen LogP contribution in [-0.2, 0) is 20.8 Å². The molecule has 1 aromatic carbocycles. The maximum atomic E-state index is 12.1. The number of rotatable bonds is 8. The van der Waals surface area contributed by atoms with Crippen molar-refractivity contribution in [2.45, 2.75) is 19.8 Å². The van der Waals surface area contributed by atoms with Gasteiger partial charge in [0.15, 0.2) is 5.12 Å². The molecule has 5 nitrogen and oxygen atoms in total. The molecule has 0 fully saturated rings. The summed E-state index contributed by atoms with van der Waals surface area (Å²) in [7, 11) is 0. The number of carboxylic acids is 1. The first-order valence-electron chi connectivity index (χ1n) is 6.66. The van der Waals surface area contributed by atoms with Crippen molar-refractivity contribution in [3.05, 3.63) is 35.9 Å². The lowest BCUT2D eigenvalue weighted by Gasteiger charge is -2.15. The van der Waals surface area contributed by atoms with E-state index >= 15 is 0 Å². The highest BCUT2D eigenvalue weighted by Crippen LogP contribution is 2.15. The van der Waals surface area contributed by atoms with Crippen LogP contribution < -0.4 is 5.32 Å². The fourth-order valence-corrected chi connectivity index (χ4v) is 2.49. The Balaban J connectivity index is 2.60. The van der Waals surface area contributed by atoms with Gasteiger partial charge in [0.1, 0.15) is 0 Å². The van der Waals surface area contributed by atoms with Crippen LogP contribution >= 0.6 is 11.8 Å². The van der Waals surface area contributed by atoms with Crippen LogP contribution in [0.4, 0.5) is 0 Å². The summed E-state index contributed by atoms with van der Waals surface area (Å²) in [6.07, 6.45) is 0.420. The zero-order chi connectivity index (χ0) is 15.7. The van der Waals surface area contributed by atoms with E-state index in [0.29, 0.717) is 12.2 Å². The predicted molar refractivity (Wildman–Crippen MR) is 82.0 cm³/mol. The van der Waals surface area contributed by atoms with Crippen LogP contribution in [0.1, 0.15) is 18.9 Å². The monoisotopic (exact) mass is 309 g/mol. The number of thioether (sulfide) groups is 1. The molecule has 0 spiro atoms. The number of benzene rings is 1. The third kappa shape index (κ3) is 7.51. The molecule has 0 saturated heterocycles. The SMILES string of the molecule is CC(=O)SCC(Cc1ccccc1)C(=O)NCCC(=O)O. The molecular formula is C15H19NO4S. The Morgan fingerprint density at radius 2 is 1.90 bits per heavy atom. The topological polar surface area (TPSA) is 83.5 Å². The second kappa shape index (κ2) is 9.18. The standard InChI is InChI=1S/C15H19NO4S/c1-11(17)21-10-13(9-12-5-3-2-4-6-12)15(20)16-8-7-14(18)19/h2-6,13H,7-10H2,1H3,(H,16,20)(H,18,19). The maximum absolute atomic E-state index is 12.1. The van der Waals surface area contributed by atoms with E-state index in [0.717, 1.165) is 17.3 Å². The van der Waals surface area contributed by atoms with E-state index in [1.807, 2.05) is 30.3 Å². The molecule has 0 aromatic heterocycles.